The summed E-state index contributed by atoms with van der Waals surface area (Å²) in [6.07, 6.45) is -56.7. The monoisotopic (exact) mass is 1190 g/mol. The lowest BCUT2D eigenvalue weighted by Crippen LogP contribution is -2.69. The Bertz CT molecular complexity index is 2410. The Hall–Kier alpha value is -3.71. The molecule has 0 aliphatic carbocycles. The third kappa shape index (κ3) is 13.3. The number of hydrogen-bond acceptors (Lipinski definition) is 32. The summed E-state index contributed by atoms with van der Waals surface area (Å²) in [5, 5.41) is 190. The number of hydrogen-bond donors (Lipinski definition) is 18. The highest BCUT2D eigenvalue weighted by atomic mass is 16.8. The van der Waals surface area contributed by atoms with Gasteiger partial charge in [-0.05, 0) is 35.4 Å². The smallest absolute Gasteiger partial charge is 0.338 e. The van der Waals surface area contributed by atoms with Crippen LogP contribution in [0.1, 0.15) is 21.5 Å². The van der Waals surface area contributed by atoms with E-state index in [0.29, 0.717) is 11.3 Å². The van der Waals surface area contributed by atoms with Crippen molar-refractivity contribution in [3.63, 3.8) is 0 Å². The average molecular weight is 1190 g/mol. The number of nitrogens with two attached hydrogens (primary N) is 1. The van der Waals surface area contributed by atoms with Crippen LogP contribution < -0.4 is 5.73 Å². The normalized spacial score (nSPS) is 46.4. The lowest BCUT2D eigenvalue weighted by Gasteiger charge is -2.51. The second kappa shape index (κ2) is 27.6. The molecule has 19 N–H and O–H groups in total. The van der Waals surface area contributed by atoms with Crippen molar-refractivity contribution in [2.45, 2.75) is 184 Å². The summed E-state index contributed by atoms with van der Waals surface area (Å²) in [7, 11) is 0. The van der Waals surface area contributed by atoms with E-state index in [1.54, 1.807) is 48.6 Å². The van der Waals surface area contributed by atoms with Crippen LogP contribution >= 0.6 is 0 Å². The third-order valence-electron chi connectivity index (χ3n) is 15.4. The summed E-state index contributed by atoms with van der Waals surface area (Å²) in [4.78, 5) is 14.0. The summed E-state index contributed by atoms with van der Waals surface area (Å²) < 4.78 is 75.7. The second-order valence-electron chi connectivity index (χ2n) is 20.8. The van der Waals surface area contributed by atoms with Crippen LogP contribution in [0, 0.1) is 0 Å². The zero-order valence-corrected chi connectivity index (χ0v) is 43.7. The van der Waals surface area contributed by atoms with E-state index in [-0.39, 0.29) is 5.56 Å². The SMILES string of the molecule is Nc1ccc(/C=C/c2ccc(C(=O)O[C@H]3[C@H]4O[C@H]5[C@H](O)[C@@H](O)[C@@H](O[C@H]6[C@H](O)[C@@H](O)[C@@H](O[C@H]7[C@H](O)[C@@H](O)[C@@H](O[C@H]8[C@H](O)[C@@H](O)[C@@H](O[C@H]9[C@H](O)[C@@H](O)[C@@H](O[C@@H]([C@@H]3O)[C@@H](CO)O4)O[C@@H]9CO)O[C@@H]8CO)O[C@@H]7CO)O[C@@H]6CO)O[C@@H]5CO)cc2)cc1. The van der Waals surface area contributed by atoms with E-state index in [4.69, 9.17) is 67.3 Å². The Balaban J connectivity index is 1.03. The molecular formula is C51H71NO31. The van der Waals surface area contributed by atoms with Crippen LogP contribution in [0.4, 0.5) is 5.69 Å². The largest absolute Gasteiger partial charge is 0.450 e. The van der Waals surface area contributed by atoms with Crippen LogP contribution in [0.5, 0.6) is 0 Å². The maximum Gasteiger partial charge on any atom is 0.338 e. The number of benzene rings is 2. The van der Waals surface area contributed by atoms with Crippen LogP contribution in [0.3, 0.4) is 0 Å². The molecule has 16 saturated heterocycles. The standard InChI is InChI=1S/C51H71NO31/c52-20-9-5-18(6-10-20)2-1-17-3-7-19(8-4-17)45(70)77-44-37(69)43-26(16-58)76-51(44)83-42-25(15-57)75-49(36(68)31(42)63)81-40-23(13-55)73-47(34(66)29(40)61)79-38-21(11-53)71-46(32(64)27(38)59)78-39-22(12-54)72-48(33(65)28(39)60)80-41-24(14-56)74-50(82-43)35(67)30(41)62/h1-10,21-44,46-51,53-69H,11-16,52H2/b2-1+/t21-,22-,23-,24-,25-,26-,27-,28-,29-,30-,31-,32-,33-,34-,35-,36-,37+,38-,39-,40-,41-,42-,43-,44-,46-,47-,48-,49-,50-,51-/m1/s1. The number of carbonyl (C=O) groups excluding carboxylic acids is 1. The highest BCUT2D eigenvalue weighted by Crippen LogP contribution is 2.39. The number of rotatable bonds is 10. The molecule has 0 radical (unpaired) electrons. The Labute approximate surface area is 470 Å². The Morgan fingerprint density at radius 2 is 0.590 bits per heavy atom. The first-order valence-electron chi connectivity index (χ1n) is 26.6. The number of aliphatic hydroxyl groups is 17. The lowest BCUT2D eigenvalue weighted by molar-refractivity contribution is -0.403. The maximum absolute atomic E-state index is 14.0. The van der Waals surface area contributed by atoms with E-state index >= 15 is 0 Å². The van der Waals surface area contributed by atoms with Gasteiger partial charge in [0.1, 0.15) is 140 Å². The fourth-order valence-electron chi connectivity index (χ4n) is 10.8. The average Bonchev–Trinajstić information content (AvgIpc) is 3.55. The summed E-state index contributed by atoms with van der Waals surface area (Å²) in [6.45, 7) is -6.26. The van der Waals surface area contributed by atoms with E-state index in [0.717, 1.165) is 5.56 Å². The zero-order chi connectivity index (χ0) is 59.7. The van der Waals surface area contributed by atoms with Crippen molar-refractivity contribution in [2.24, 2.45) is 0 Å². The first-order chi connectivity index (χ1) is 39.7. The first-order valence-corrected chi connectivity index (χ1v) is 26.6. The number of nitrogen functional groups attached to an aromatic ring is 1. The molecule has 83 heavy (non-hydrogen) atoms. The Morgan fingerprint density at radius 3 is 0.867 bits per heavy atom. The number of anilines is 1. The maximum atomic E-state index is 14.0. The molecule has 0 saturated carbocycles. The van der Waals surface area contributed by atoms with Gasteiger partial charge in [-0.25, -0.2) is 4.79 Å². The summed E-state index contributed by atoms with van der Waals surface area (Å²) in [6, 6.07) is 12.8. The Morgan fingerprint density at radius 1 is 0.349 bits per heavy atom. The van der Waals surface area contributed by atoms with Gasteiger partial charge in [0, 0.05) is 5.69 Å². The molecule has 30 atom stereocenters. The summed E-state index contributed by atoms with van der Waals surface area (Å²) in [5.41, 5.74) is 7.67. The van der Waals surface area contributed by atoms with E-state index in [9.17, 15) is 91.6 Å². The second-order valence-corrected chi connectivity index (χ2v) is 20.8. The van der Waals surface area contributed by atoms with Crippen molar-refractivity contribution in [3.05, 3.63) is 65.2 Å². The van der Waals surface area contributed by atoms with Gasteiger partial charge in [0.2, 0.25) is 0 Å². The Kier molecular flexibility index (Phi) is 21.2. The van der Waals surface area contributed by atoms with E-state index in [1.807, 2.05) is 0 Å². The van der Waals surface area contributed by atoms with Gasteiger partial charge in [-0.1, -0.05) is 36.4 Å². The van der Waals surface area contributed by atoms with Gasteiger partial charge in [0.25, 0.3) is 0 Å². The van der Waals surface area contributed by atoms with E-state index in [1.165, 1.54) is 12.1 Å². The van der Waals surface area contributed by atoms with E-state index < -0.39 is 230 Å². The minimum Gasteiger partial charge on any atom is -0.450 e. The predicted molar refractivity (Wildman–Crippen MR) is 265 cm³/mol. The van der Waals surface area contributed by atoms with Gasteiger partial charge < -0.3 is 154 Å². The summed E-state index contributed by atoms with van der Waals surface area (Å²) in [5.74, 6) is -1.14. The van der Waals surface area contributed by atoms with Gasteiger partial charge in [0.15, 0.2) is 43.8 Å². The van der Waals surface area contributed by atoms with Crippen molar-refractivity contribution in [2.75, 3.05) is 45.4 Å². The molecule has 0 unspecified atom stereocenters. The number of ether oxygens (including phenoxy) is 13. The predicted octanol–water partition coefficient (Wildman–Crippen LogP) is -9.44. The molecule has 0 amide bonds. The molecular weight excluding hydrogens is 1120 g/mol. The van der Waals surface area contributed by atoms with Gasteiger partial charge >= 0.3 is 5.97 Å². The van der Waals surface area contributed by atoms with Crippen molar-refractivity contribution in [3.8, 4) is 0 Å². The molecule has 0 spiro atoms. The molecule has 16 fully saturated rings. The third-order valence-corrected chi connectivity index (χ3v) is 15.4. The molecule has 18 rings (SSSR count). The molecule has 32 nitrogen and oxygen atoms in total. The number of aliphatic hydroxyl groups excluding tert-OH is 17. The zero-order valence-electron chi connectivity index (χ0n) is 43.7. The van der Waals surface area contributed by atoms with Crippen molar-refractivity contribution < 1.29 is 153 Å². The number of esters is 1. The molecule has 12 bridgehead atoms. The highest BCUT2D eigenvalue weighted by molar-refractivity contribution is 5.90. The molecule has 2 aromatic carbocycles. The van der Waals surface area contributed by atoms with Crippen molar-refractivity contribution >= 4 is 23.8 Å². The molecule has 32 heteroatoms. The van der Waals surface area contributed by atoms with Gasteiger partial charge in [0.05, 0.1) is 45.2 Å². The van der Waals surface area contributed by atoms with Gasteiger partial charge in [-0.2, -0.15) is 0 Å². The fraction of sp³-hybridized carbons (Fsp3) is 0.706. The molecule has 466 valence electrons. The minimum atomic E-state index is -2.23. The minimum absolute atomic E-state index is 0.112. The fourth-order valence-corrected chi connectivity index (χ4v) is 10.8. The van der Waals surface area contributed by atoms with Crippen LogP contribution in [-0.4, -0.2) is 317 Å². The van der Waals surface area contributed by atoms with Gasteiger partial charge in [-0.15, -0.1) is 0 Å². The van der Waals surface area contributed by atoms with Gasteiger partial charge in [-0.3, -0.25) is 0 Å². The molecule has 16 aliphatic rings. The topological polar surface area (TPSA) is 507 Å². The highest BCUT2D eigenvalue weighted by Gasteiger charge is 2.59. The van der Waals surface area contributed by atoms with Crippen LogP contribution in [-0.2, 0) is 61.6 Å². The van der Waals surface area contributed by atoms with E-state index in [2.05, 4.69) is 0 Å². The van der Waals surface area contributed by atoms with Crippen LogP contribution in [0.15, 0.2) is 48.5 Å². The number of carbonyl (C=O) groups is 1. The first kappa shape index (κ1) is 63.8. The quantitative estimate of drug-likeness (QED) is 0.0597. The van der Waals surface area contributed by atoms with Crippen molar-refractivity contribution in [1.29, 1.82) is 0 Å². The van der Waals surface area contributed by atoms with Crippen molar-refractivity contribution in [1.82, 2.24) is 0 Å². The molecule has 16 heterocycles. The molecule has 16 aliphatic heterocycles. The summed E-state index contributed by atoms with van der Waals surface area (Å²) >= 11 is 0. The lowest BCUT2D eigenvalue weighted by atomic mass is 9.94. The van der Waals surface area contributed by atoms with Crippen LogP contribution in [0.2, 0.25) is 0 Å². The molecule has 0 aromatic heterocycles. The molecule has 2 aromatic rings. The van der Waals surface area contributed by atoms with Crippen LogP contribution in [0.25, 0.3) is 12.2 Å².